The van der Waals surface area contributed by atoms with Crippen LogP contribution in [0.5, 0.6) is 0 Å². The number of nitrogens with zero attached hydrogens (tertiary/aromatic N) is 2. The van der Waals surface area contributed by atoms with E-state index in [0.29, 0.717) is 17.9 Å². The van der Waals surface area contributed by atoms with E-state index in [9.17, 15) is 12.8 Å². The van der Waals surface area contributed by atoms with Crippen molar-refractivity contribution in [3.63, 3.8) is 0 Å². The summed E-state index contributed by atoms with van der Waals surface area (Å²) >= 11 is 1.13. The molecule has 0 amide bonds. The molecule has 0 unspecified atom stereocenters. The molecule has 0 N–H and O–H groups in total. The predicted octanol–water partition coefficient (Wildman–Crippen LogP) is 2.78. The second-order valence-electron chi connectivity index (χ2n) is 5.02. The number of rotatable bonds is 5. The zero-order chi connectivity index (χ0) is 17.2. The van der Waals surface area contributed by atoms with Crippen LogP contribution in [0.25, 0.3) is 10.2 Å². The average molecular weight is 366 g/mol. The van der Waals surface area contributed by atoms with Gasteiger partial charge in [0.05, 0.1) is 21.7 Å². The summed E-state index contributed by atoms with van der Waals surface area (Å²) < 4.78 is 49.8. The van der Waals surface area contributed by atoms with Crippen LogP contribution in [-0.2, 0) is 21.3 Å². The van der Waals surface area contributed by atoms with E-state index in [1.807, 2.05) is 0 Å². The van der Waals surface area contributed by atoms with Gasteiger partial charge in [0.15, 0.2) is 0 Å². The van der Waals surface area contributed by atoms with Crippen LogP contribution < -0.4 is 4.80 Å². The van der Waals surface area contributed by atoms with Gasteiger partial charge in [-0.05, 0) is 30.3 Å². The lowest BCUT2D eigenvalue weighted by Gasteiger charge is -2.04. The van der Waals surface area contributed by atoms with Gasteiger partial charge < -0.3 is 9.30 Å². The first-order chi connectivity index (χ1) is 11.5. The smallest absolute Gasteiger partial charge is 0.285 e. The maximum Gasteiger partial charge on any atom is 0.285 e. The number of halogens is 1. The number of ether oxygens (including phenoxy) is 1. The van der Waals surface area contributed by atoms with Crippen molar-refractivity contribution in [3.05, 3.63) is 59.1 Å². The summed E-state index contributed by atoms with van der Waals surface area (Å²) in [7, 11) is -2.28. The monoisotopic (exact) mass is 366 g/mol. The summed E-state index contributed by atoms with van der Waals surface area (Å²) in [6.45, 7) is 0.813. The van der Waals surface area contributed by atoms with Gasteiger partial charge in [0.2, 0.25) is 4.80 Å². The number of thiazole rings is 1. The van der Waals surface area contributed by atoms with Crippen LogP contribution in [0.1, 0.15) is 0 Å². The largest absolute Gasteiger partial charge is 0.383 e. The van der Waals surface area contributed by atoms with Crippen molar-refractivity contribution in [2.75, 3.05) is 13.7 Å². The lowest BCUT2D eigenvalue weighted by atomic mass is 10.3. The Morgan fingerprint density at radius 1 is 1.21 bits per heavy atom. The molecule has 8 heteroatoms. The minimum Gasteiger partial charge on any atom is -0.383 e. The molecule has 0 saturated carbocycles. The van der Waals surface area contributed by atoms with Gasteiger partial charge in [-0.25, -0.2) is 4.39 Å². The number of aromatic nitrogens is 1. The van der Waals surface area contributed by atoms with Crippen LogP contribution in [-0.4, -0.2) is 26.7 Å². The van der Waals surface area contributed by atoms with Crippen molar-refractivity contribution in [2.45, 2.75) is 11.4 Å². The molecule has 24 heavy (non-hydrogen) atoms. The molecule has 0 saturated heterocycles. The minimum absolute atomic E-state index is 0.118. The van der Waals surface area contributed by atoms with E-state index in [-0.39, 0.29) is 15.5 Å². The third-order valence-corrected chi connectivity index (χ3v) is 5.84. The fraction of sp³-hybridized carbons (Fsp3) is 0.188. The highest BCUT2D eigenvalue weighted by molar-refractivity contribution is 7.90. The molecule has 0 atom stereocenters. The first-order valence-electron chi connectivity index (χ1n) is 7.15. The Bertz CT molecular complexity index is 1020. The molecule has 0 aliphatic carbocycles. The van der Waals surface area contributed by atoms with Gasteiger partial charge in [-0.2, -0.15) is 8.42 Å². The van der Waals surface area contributed by atoms with Crippen LogP contribution in [0.15, 0.2) is 57.8 Å². The first kappa shape index (κ1) is 16.8. The zero-order valence-corrected chi connectivity index (χ0v) is 14.5. The third kappa shape index (κ3) is 3.40. The van der Waals surface area contributed by atoms with E-state index in [1.165, 1.54) is 24.3 Å². The van der Waals surface area contributed by atoms with Gasteiger partial charge in [-0.3, -0.25) is 0 Å². The van der Waals surface area contributed by atoms with Gasteiger partial charge in [0.1, 0.15) is 5.82 Å². The standard InChI is InChI=1S/C16H15FN2O3S2/c1-22-10-9-19-14-8-7-12(17)11-15(14)23-16(19)18-24(20,21)13-5-3-2-4-6-13/h2-8,11H,9-10H2,1H3. The van der Waals surface area contributed by atoms with E-state index in [1.54, 1.807) is 35.9 Å². The van der Waals surface area contributed by atoms with E-state index < -0.39 is 10.0 Å². The van der Waals surface area contributed by atoms with Crippen LogP contribution in [0, 0.1) is 5.82 Å². The number of benzene rings is 2. The Morgan fingerprint density at radius 3 is 2.67 bits per heavy atom. The normalized spacial score (nSPS) is 12.8. The van der Waals surface area contributed by atoms with E-state index in [4.69, 9.17) is 4.74 Å². The van der Waals surface area contributed by atoms with Gasteiger partial charge in [-0.15, -0.1) is 4.40 Å². The lowest BCUT2D eigenvalue weighted by Crippen LogP contribution is -2.19. The summed E-state index contributed by atoms with van der Waals surface area (Å²) in [5, 5.41) is 0. The number of methoxy groups -OCH3 is 1. The molecule has 3 rings (SSSR count). The molecular formula is C16H15FN2O3S2. The molecule has 1 heterocycles. The second-order valence-corrected chi connectivity index (χ2v) is 7.63. The van der Waals surface area contributed by atoms with Crippen molar-refractivity contribution in [3.8, 4) is 0 Å². The number of sulfonamides is 1. The molecule has 3 aromatic rings. The van der Waals surface area contributed by atoms with E-state index in [0.717, 1.165) is 16.9 Å². The van der Waals surface area contributed by atoms with Crippen LogP contribution in [0.3, 0.4) is 0 Å². The Kier molecular flexibility index (Phi) is 4.79. The highest BCUT2D eigenvalue weighted by Gasteiger charge is 2.14. The van der Waals surface area contributed by atoms with E-state index >= 15 is 0 Å². The highest BCUT2D eigenvalue weighted by atomic mass is 32.2. The number of hydrogen-bond acceptors (Lipinski definition) is 4. The van der Waals surface area contributed by atoms with Gasteiger partial charge in [-0.1, -0.05) is 29.5 Å². The summed E-state index contributed by atoms with van der Waals surface area (Å²) in [4.78, 5) is 0.406. The molecule has 0 fully saturated rings. The van der Waals surface area contributed by atoms with Crippen LogP contribution in [0.2, 0.25) is 0 Å². The summed E-state index contributed by atoms with van der Waals surface area (Å²) in [5.41, 5.74) is 0.723. The predicted molar refractivity (Wildman–Crippen MR) is 90.8 cm³/mol. The molecule has 0 aliphatic rings. The van der Waals surface area contributed by atoms with Crippen molar-refractivity contribution < 1.29 is 17.5 Å². The third-order valence-electron chi connectivity index (χ3n) is 3.40. The number of hydrogen-bond donors (Lipinski definition) is 0. The maximum absolute atomic E-state index is 13.5. The van der Waals surface area contributed by atoms with Gasteiger partial charge in [0.25, 0.3) is 10.0 Å². The fourth-order valence-electron chi connectivity index (χ4n) is 2.26. The molecule has 2 aromatic carbocycles. The summed E-state index contributed by atoms with van der Waals surface area (Å²) in [6.07, 6.45) is 0. The molecule has 1 aromatic heterocycles. The molecular weight excluding hydrogens is 351 g/mol. The van der Waals surface area contributed by atoms with Crippen molar-refractivity contribution in [1.82, 2.24) is 4.57 Å². The van der Waals surface area contributed by atoms with Crippen molar-refractivity contribution >= 4 is 31.6 Å². The Labute approximate surface area is 142 Å². The Hall–Kier alpha value is -2.03. The quantitative estimate of drug-likeness (QED) is 0.698. The van der Waals surface area contributed by atoms with Gasteiger partial charge >= 0.3 is 0 Å². The summed E-state index contributed by atoms with van der Waals surface area (Å²) in [6, 6.07) is 12.3. The first-order valence-corrected chi connectivity index (χ1v) is 9.41. The number of fused-ring (bicyclic) bond motifs is 1. The van der Waals surface area contributed by atoms with Crippen LogP contribution >= 0.6 is 11.3 Å². The lowest BCUT2D eigenvalue weighted by molar-refractivity contribution is 0.187. The van der Waals surface area contributed by atoms with Gasteiger partial charge in [0, 0.05) is 13.7 Å². The zero-order valence-electron chi connectivity index (χ0n) is 12.8. The van der Waals surface area contributed by atoms with Crippen molar-refractivity contribution in [1.29, 1.82) is 0 Å². The van der Waals surface area contributed by atoms with Crippen LogP contribution in [0.4, 0.5) is 4.39 Å². The topological polar surface area (TPSA) is 60.7 Å². The minimum atomic E-state index is -3.84. The molecule has 0 radical (unpaired) electrons. The average Bonchev–Trinajstić information content (AvgIpc) is 2.89. The molecule has 0 spiro atoms. The Morgan fingerprint density at radius 2 is 1.96 bits per heavy atom. The molecule has 126 valence electrons. The van der Waals surface area contributed by atoms with E-state index in [2.05, 4.69) is 4.40 Å². The molecule has 0 bridgehead atoms. The SMILES string of the molecule is COCCn1c(=NS(=O)(=O)c2ccccc2)sc2cc(F)ccc21. The van der Waals surface area contributed by atoms with Crippen molar-refractivity contribution in [2.24, 2.45) is 4.40 Å². The molecule has 0 aliphatic heterocycles. The Balaban J connectivity index is 2.21. The highest BCUT2D eigenvalue weighted by Crippen LogP contribution is 2.19. The maximum atomic E-state index is 13.5. The summed E-state index contributed by atoms with van der Waals surface area (Å²) in [5.74, 6) is -0.375. The fourth-order valence-corrected chi connectivity index (χ4v) is 4.57. The molecule has 5 nitrogen and oxygen atoms in total. The second kappa shape index (κ2) is 6.84.